The first kappa shape index (κ1) is 16.7. The highest BCUT2D eigenvalue weighted by atomic mass is 16.6. The Morgan fingerprint density at radius 2 is 2.20 bits per heavy atom. The van der Waals surface area contributed by atoms with Gasteiger partial charge in [0.05, 0.1) is 20.2 Å². The van der Waals surface area contributed by atoms with Crippen molar-refractivity contribution in [2.24, 2.45) is 0 Å². The number of aromatic nitrogens is 3. The molecule has 0 atom stereocenters. The topological polar surface area (TPSA) is 107 Å². The summed E-state index contributed by atoms with van der Waals surface area (Å²) in [5.41, 5.74) is 0.893. The number of carboxylic acids is 1. The van der Waals surface area contributed by atoms with Crippen molar-refractivity contribution in [3.05, 3.63) is 41.5 Å². The number of carboxylic acid groups (broad SMARTS) is 1. The van der Waals surface area contributed by atoms with E-state index >= 15 is 0 Å². The summed E-state index contributed by atoms with van der Waals surface area (Å²) in [6, 6.07) is 7.48. The molecule has 0 spiro atoms. The van der Waals surface area contributed by atoms with Crippen LogP contribution < -0.4 is 4.74 Å². The van der Waals surface area contributed by atoms with Crippen LogP contribution in [0, 0.1) is 0 Å². The molecule has 1 N–H and O–H groups in total. The van der Waals surface area contributed by atoms with E-state index in [-0.39, 0.29) is 13.1 Å². The fraction of sp³-hybridized carbons (Fsp3) is 0.375. The molecule has 25 heavy (non-hydrogen) atoms. The van der Waals surface area contributed by atoms with Gasteiger partial charge < -0.3 is 14.6 Å². The zero-order valence-corrected chi connectivity index (χ0v) is 13.7. The number of carbonyl (C=O) groups excluding carboxylic acids is 1. The lowest BCUT2D eigenvalue weighted by molar-refractivity contribution is -0.137. The van der Waals surface area contributed by atoms with E-state index in [9.17, 15) is 9.59 Å². The molecule has 2 aromatic rings. The Morgan fingerprint density at radius 1 is 1.40 bits per heavy atom. The molecule has 0 saturated carbocycles. The molecule has 1 fully saturated rings. The molecular weight excluding hydrogens is 328 g/mol. The van der Waals surface area contributed by atoms with E-state index in [1.165, 1.54) is 9.58 Å². The Labute approximate surface area is 143 Å². The molecule has 1 aliphatic heterocycles. The third-order valence-electron chi connectivity index (χ3n) is 3.80. The lowest BCUT2D eigenvalue weighted by Crippen LogP contribution is -2.26. The Morgan fingerprint density at radius 3 is 2.88 bits per heavy atom. The van der Waals surface area contributed by atoms with E-state index in [4.69, 9.17) is 14.6 Å². The fourth-order valence-electron chi connectivity index (χ4n) is 2.63. The predicted octanol–water partition coefficient (Wildman–Crippen LogP) is 0.914. The minimum Gasteiger partial charge on any atom is -0.496 e. The first-order valence-corrected chi connectivity index (χ1v) is 7.75. The first-order valence-electron chi connectivity index (χ1n) is 7.75. The van der Waals surface area contributed by atoms with Crippen molar-refractivity contribution in [1.29, 1.82) is 0 Å². The number of aliphatic carboxylic acids is 1. The molecule has 0 radical (unpaired) electrons. The normalized spacial score (nSPS) is 13.8. The Balaban J connectivity index is 1.84. The molecule has 9 nitrogen and oxygen atoms in total. The fourth-order valence-corrected chi connectivity index (χ4v) is 2.63. The van der Waals surface area contributed by atoms with Gasteiger partial charge in [-0.05, 0) is 6.07 Å². The van der Waals surface area contributed by atoms with Crippen LogP contribution in [-0.4, -0.2) is 57.1 Å². The Bertz CT molecular complexity index is 789. The van der Waals surface area contributed by atoms with Crippen LogP contribution in [0.5, 0.6) is 5.75 Å². The van der Waals surface area contributed by atoms with Crippen molar-refractivity contribution < 1.29 is 24.2 Å². The van der Waals surface area contributed by atoms with Gasteiger partial charge in [0.1, 0.15) is 24.7 Å². The highest BCUT2D eigenvalue weighted by Crippen LogP contribution is 2.20. The van der Waals surface area contributed by atoms with E-state index < -0.39 is 12.1 Å². The summed E-state index contributed by atoms with van der Waals surface area (Å²) in [6.07, 6.45) is -0.0372. The van der Waals surface area contributed by atoms with Gasteiger partial charge in [-0.15, -0.1) is 0 Å². The molecule has 0 unspecified atom stereocenters. The van der Waals surface area contributed by atoms with Gasteiger partial charge in [-0.3, -0.25) is 9.69 Å². The number of methoxy groups -OCH3 is 1. The van der Waals surface area contributed by atoms with Crippen molar-refractivity contribution in [3.8, 4) is 5.75 Å². The molecule has 9 heteroatoms. The van der Waals surface area contributed by atoms with E-state index in [0.29, 0.717) is 37.0 Å². The number of cyclic esters (lactones) is 1. The average molecular weight is 346 g/mol. The SMILES string of the molecule is COc1ccccc1Cc1nc(CN2CCOC2=O)n(CC(=O)O)n1. The van der Waals surface area contributed by atoms with E-state index in [2.05, 4.69) is 10.1 Å². The summed E-state index contributed by atoms with van der Waals surface area (Å²) in [7, 11) is 1.58. The molecule has 1 aliphatic rings. The smallest absolute Gasteiger partial charge is 0.410 e. The maximum absolute atomic E-state index is 11.6. The van der Waals surface area contributed by atoms with Crippen molar-refractivity contribution in [3.63, 3.8) is 0 Å². The van der Waals surface area contributed by atoms with Crippen LogP contribution in [0.3, 0.4) is 0 Å². The maximum atomic E-state index is 11.6. The summed E-state index contributed by atoms with van der Waals surface area (Å²) in [6.45, 7) is 0.600. The maximum Gasteiger partial charge on any atom is 0.410 e. The number of nitrogens with zero attached hydrogens (tertiary/aromatic N) is 4. The van der Waals surface area contributed by atoms with Crippen LogP contribution in [0.25, 0.3) is 0 Å². The summed E-state index contributed by atoms with van der Waals surface area (Å²) in [4.78, 5) is 28.6. The second-order valence-corrected chi connectivity index (χ2v) is 5.52. The molecule has 3 rings (SSSR count). The summed E-state index contributed by atoms with van der Waals surface area (Å²) >= 11 is 0. The van der Waals surface area contributed by atoms with Crippen LogP contribution in [0.1, 0.15) is 17.2 Å². The molecule has 132 valence electrons. The van der Waals surface area contributed by atoms with Crippen molar-refractivity contribution in [1.82, 2.24) is 19.7 Å². The second kappa shape index (κ2) is 7.20. The highest BCUT2D eigenvalue weighted by molar-refractivity contribution is 5.69. The van der Waals surface area contributed by atoms with Crippen LogP contribution >= 0.6 is 0 Å². The lowest BCUT2D eigenvalue weighted by atomic mass is 10.1. The van der Waals surface area contributed by atoms with Gasteiger partial charge in [-0.2, -0.15) is 5.10 Å². The minimum absolute atomic E-state index is 0.158. The summed E-state index contributed by atoms with van der Waals surface area (Å²) in [5.74, 6) is 0.556. The zero-order chi connectivity index (χ0) is 17.8. The van der Waals surface area contributed by atoms with Gasteiger partial charge in [-0.1, -0.05) is 18.2 Å². The second-order valence-electron chi connectivity index (χ2n) is 5.52. The molecule has 0 aliphatic carbocycles. The first-order chi connectivity index (χ1) is 12.1. The van der Waals surface area contributed by atoms with Crippen LogP contribution in [0.4, 0.5) is 4.79 Å². The molecule has 1 saturated heterocycles. The third kappa shape index (κ3) is 3.87. The standard InChI is InChI=1S/C16H18N4O5/c1-24-12-5-3-2-4-11(12)8-13-17-14(20(18-13)10-15(21)22)9-19-6-7-25-16(19)23/h2-5H,6-10H2,1H3,(H,21,22). The van der Waals surface area contributed by atoms with Crippen molar-refractivity contribution in [2.45, 2.75) is 19.5 Å². The lowest BCUT2D eigenvalue weighted by Gasteiger charge is -2.11. The summed E-state index contributed by atoms with van der Waals surface area (Å²) < 4.78 is 11.5. The van der Waals surface area contributed by atoms with Crippen molar-refractivity contribution >= 4 is 12.1 Å². The van der Waals surface area contributed by atoms with Gasteiger partial charge in [0.25, 0.3) is 0 Å². The molecule has 0 bridgehead atoms. The monoisotopic (exact) mass is 346 g/mol. The number of hydrogen-bond donors (Lipinski definition) is 1. The number of amides is 1. The zero-order valence-electron chi connectivity index (χ0n) is 13.7. The van der Waals surface area contributed by atoms with Gasteiger partial charge >= 0.3 is 12.1 Å². The van der Waals surface area contributed by atoms with Gasteiger partial charge in [-0.25, -0.2) is 14.5 Å². The van der Waals surface area contributed by atoms with Gasteiger partial charge in [0, 0.05) is 12.0 Å². The molecule has 1 aromatic heterocycles. The number of ether oxygens (including phenoxy) is 2. The summed E-state index contributed by atoms with van der Waals surface area (Å²) in [5, 5.41) is 13.4. The van der Waals surface area contributed by atoms with Crippen LogP contribution in [0.2, 0.25) is 0 Å². The quantitative estimate of drug-likeness (QED) is 0.794. The largest absolute Gasteiger partial charge is 0.496 e. The van der Waals surface area contributed by atoms with E-state index in [1.54, 1.807) is 7.11 Å². The van der Waals surface area contributed by atoms with E-state index in [0.717, 1.165) is 5.56 Å². The van der Waals surface area contributed by atoms with Gasteiger partial charge in [0.15, 0.2) is 5.82 Å². The molecule has 2 heterocycles. The number of hydrogen-bond acceptors (Lipinski definition) is 6. The minimum atomic E-state index is -1.03. The molecule has 1 amide bonds. The third-order valence-corrected chi connectivity index (χ3v) is 3.80. The average Bonchev–Trinajstić information content (AvgIpc) is 3.14. The number of para-hydroxylation sites is 1. The number of benzene rings is 1. The molecular formula is C16H18N4O5. The highest BCUT2D eigenvalue weighted by Gasteiger charge is 2.25. The Kier molecular flexibility index (Phi) is 4.82. The number of rotatable bonds is 7. The molecule has 1 aromatic carbocycles. The van der Waals surface area contributed by atoms with Crippen LogP contribution in [0.15, 0.2) is 24.3 Å². The van der Waals surface area contributed by atoms with Gasteiger partial charge in [0.2, 0.25) is 0 Å². The van der Waals surface area contributed by atoms with Crippen LogP contribution in [-0.2, 0) is 29.0 Å². The van der Waals surface area contributed by atoms with E-state index in [1.807, 2.05) is 24.3 Å². The predicted molar refractivity (Wildman–Crippen MR) is 85.2 cm³/mol. The van der Waals surface area contributed by atoms with Crippen molar-refractivity contribution in [2.75, 3.05) is 20.3 Å². The Hall–Kier alpha value is -3.10. The number of carbonyl (C=O) groups is 2.